The Hall–Kier alpha value is -2.66. The molecule has 11 heteroatoms. The molecule has 0 saturated carbocycles. The lowest BCUT2D eigenvalue weighted by Gasteiger charge is -2.34. The second-order valence-electron chi connectivity index (χ2n) is 10.4. The zero-order valence-electron chi connectivity index (χ0n) is 21.4. The molecule has 2 N–H and O–H groups in total. The summed E-state index contributed by atoms with van der Waals surface area (Å²) < 4.78 is 5.97. The van der Waals surface area contributed by atoms with E-state index in [1.165, 1.54) is 0 Å². The van der Waals surface area contributed by atoms with Crippen LogP contribution in [-0.4, -0.2) is 78.1 Å². The van der Waals surface area contributed by atoms with Crippen molar-refractivity contribution in [3.8, 4) is 0 Å². The number of aliphatic hydroxyl groups is 1. The molecule has 5 atom stereocenters. The minimum atomic E-state index is -0.677. The van der Waals surface area contributed by atoms with Crippen molar-refractivity contribution in [1.29, 1.82) is 0 Å². The van der Waals surface area contributed by atoms with E-state index in [1.54, 1.807) is 28.3 Å². The number of esters is 1. The third-order valence-corrected chi connectivity index (χ3v) is 10.2. The molecular formula is C26H35N5O5S. The van der Waals surface area contributed by atoms with E-state index < -0.39 is 27.4 Å². The van der Waals surface area contributed by atoms with E-state index in [-0.39, 0.29) is 37.7 Å². The number of thioether (sulfide) groups is 1. The third-order valence-electron chi connectivity index (χ3n) is 8.20. The molecule has 200 valence electrons. The lowest BCUT2D eigenvalue weighted by atomic mass is 9.66. The number of benzene rings is 1. The maximum Gasteiger partial charge on any atom is 0.311 e. The zero-order chi connectivity index (χ0) is 26.2. The molecule has 1 aromatic carbocycles. The van der Waals surface area contributed by atoms with Gasteiger partial charge < -0.3 is 20.1 Å². The van der Waals surface area contributed by atoms with Gasteiger partial charge in [0.2, 0.25) is 11.8 Å². The van der Waals surface area contributed by atoms with Crippen molar-refractivity contribution < 1.29 is 24.2 Å². The first kappa shape index (κ1) is 26.0. The van der Waals surface area contributed by atoms with Gasteiger partial charge in [0.1, 0.15) is 18.2 Å². The number of para-hydroxylation sites is 1. The van der Waals surface area contributed by atoms with Gasteiger partial charge in [-0.25, -0.2) is 4.68 Å². The van der Waals surface area contributed by atoms with E-state index in [0.29, 0.717) is 13.0 Å². The van der Waals surface area contributed by atoms with Crippen LogP contribution in [0, 0.1) is 11.8 Å². The fourth-order valence-corrected chi connectivity index (χ4v) is 8.93. The van der Waals surface area contributed by atoms with Crippen molar-refractivity contribution in [2.75, 3.05) is 19.8 Å². The fraction of sp³-hybridized carbons (Fsp3) is 0.654. The molecular weight excluding hydrogens is 494 g/mol. The zero-order valence-corrected chi connectivity index (χ0v) is 22.2. The van der Waals surface area contributed by atoms with E-state index in [1.807, 2.05) is 31.2 Å². The number of likely N-dealkylation sites (tertiary alicyclic amines) is 1. The van der Waals surface area contributed by atoms with Gasteiger partial charge in [-0.3, -0.25) is 14.4 Å². The lowest BCUT2D eigenvalue weighted by molar-refractivity contribution is -0.155. The molecule has 4 heterocycles. The van der Waals surface area contributed by atoms with Crippen LogP contribution in [0.5, 0.6) is 0 Å². The summed E-state index contributed by atoms with van der Waals surface area (Å²) in [6, 6.07) is 6.86. The van der Waals surface area contributed by atoms with Crippen LogP contribution in [-0.2, 0) is 25.8 Å². The van der Waals surface area contributed by atoms with Gasteiger partial charge in [-0.1, -0.05) is 30.2 Å². The maximum absolute atomic E-state index is 13.9. The van der Waals surface area contributed by atoms with Gasteiger partial charge >= 0.3 is 5.97 Å². The Bertz CT molecular complexity index is 1190. The summed E-state index contributed by atoms with van der Waals surface area (Å²) in [7, 11) is 0. The Morgan fingerprint density at radius 2 is 2.00 bits per heavy atom. The highest BCUT2D eigenvalue weighted by Crippen LogP contribution is 2.71. The first-order valence-electron chi connectivity index (χ1n) is 13.2. The Labute approximate surface area is 220 Å². The minimum absolute atomic E-state index is 0.123. The quantitative estimate of drug-likeness (QED) is 0.335. The van der Waals surface area contributed by atoms with Crippen LogP contribution in [0.2, 0.25) is 0 Å². The molecule has 2 unspecified atom stereocenters. The van der Waals surface area contributed by atoms with E-state index in [9.17, 15) is 14.4 Å². The van der Waals surface area contributed by atoms with Crippen LogP contribution in [0.4, 0.5) is 0 Å². The number of amides is 2. The fourth-order valence-electron chi connectivity index (χ4n) is 6.59. The minimum Gasteiger partial charge on any atom is -0.466 e. The second kappa shape index (κ2) is 10.2. The predicted octanol–water partition coefficient (Wildman–Crippen LogP) is 2.10. The number of fused-ring (bicyclic) bond motifs is 2. The summed E-state index contributed by atoms with van der Waals surface area (Å²) in [6.07, 6.45) is 4.63. The SMILES string of the molecule is CCOC(=O)[C@H]1[C@H]2C(=O)N(CCCCCCO)C(C(=O)NCn3nnc4ccccc43)C23CC[C@]1(C)S3. The van der Waals surface area contributed by atoms with Crippen molar-refractivity contribution in [3.05, 3.63) is 24.3 Å². The number of unbranched alkanes of at least 4 members (excludes halogenated alkanes) is 3. The molecule has 0 radical (unpaired) electrons. The first-order valence-corrected chi connectivity index (χ1v) is 14.0. The number of carbonyl (C=O) groups is 3. The highest BCUT2D eigenvalue weighted by atomic mass is 32.2. The summed E-state index contributed by atoms with van der Waals surface area (Å²) in [4.78, 5) is 42.6. The van der Waals surface area contributed by atoms with Gasteiger partial charge in [0.15, 0.2) is 0 Å². The molecule has 2 bridgehead atoms. The monoisotopic (exact) mass is 529 g/mol. The van der Waals surface area contributed by atoms with Crippen LogP contribution in [0.15, 0.2) is 24.3 Å². The van der Waals surface area contributed by atoms with E-state index in [2.05, 4.69) is 15.6 Å². The second-order valence-corrected chi connectivity index (χ2v) is 12.3. The van der Waals surface area contributed by atoms with Crippen molar-refractivity contribution in [2.24, 2.45) is 11.8 Å². The molecule has 3 saturated heterocycles. The largest absolute Gasteiger partial charge is 0.466 e. The smallest absolute Gasteiger partial charge is 0.311 e. The van der Waals surface area contributed by atoms with E-state index in [0.717, 1.165) is 43.1 Å². The molecule has 5 rings (SSSR count). The van der Waals surface area contributed by atoms with Gasteiger partial charge in [-0.05, 0) is 51.7 Å². The summed E-state index contributed by atoms with van der Waals surface area (Å²) >= 11 is 1.64. The molecule has 1 aromatic heterocycles. The van der Waals surface area contributed by atoms with Crippen LogP contribution in [0.3, 0.4) is 0 Å². The van der Waals surface area contributed by atoms with E-state index >= 15 is 0 Å². The molecule has 10 nitrogen and oxygen atoms in total. The van der Waals surface area contributed by atoms with Gasteiger partial charge in [-0.15, -0.1) is 16.9 Å². The maximum atomic E-state index is 13.9. The number of carbonyl (C=O) groups excluding carboxylic acids is 3. The summed E-state index contributed by atoms with van der Waals surface area (Å²) in [6.45, 7) is 4.80. The summed E-state index contributed by atoms with van der Waals surface area (Å²) in [5, 5.41) is 20.4. The molecule has 1 spiro atoms. The summed E-state index contributed by atoms with van der Waals surface area (Å²) in [5.74, 6) is -1.83. The number of hydrogen-bond acceptors (Lipinski definition) is 8. The molecule has 2 amide bonds. The number of rotatable bonds is 11. The Morgan fingerprint density at radius 1 is 1.22 bits per heavy atom. The third kappa shape index (κ3) is 4.29. The highest BCUT2D eigenvalue weighted by Gasteiger charge is 2.77. The van der Waals surface area contributed by atoms with Gasteiger partial charge in [0, 0.05) is 17.9 Å². The van der Waals surface area contributed by atoms with Crippen LogP contribution < -0.4 is 5.32 Å². The van der Waals surface area contributed by atoms with Crippen molar-refractivity contribution in [1.82, 2.24) is 25.2 Å². The Morgan fingerprint density at radius 3 is 2.78 bits per heavy atom. The number of nitrogens with zero attached hydrogens (tertiary/aromatic N) is 4. The molecule has 37 heavy (non-hydrogen) atoms. The van der Waals surface area contributed by atoms with Crippen LogP contribution in [0.1, 0.15) is 52.4 Å². The highest BCUT2D eigenvalue weighted by molar-refractivity contribution is 8.02. The van der Waals surface area contributed by atoms with Gasteiger partial charge in [0.05, 0.1) is 28.7 Å². The van der Waals surface area contributed by atoms with Crippen LogP contribution in [0.25, 0.3) is 11.0 Å². The number of ether oxygens (including phenoxy) is 1. The molecule has 3 fully saturated rings. The standard InChI is InChI=1S/C26H35N5O5S/c1-3-36-24(35)20-19-23(34)30(14-8-4-5-9-15-32)21(26(19)13-12-25(20,2)37-26)22(33)27-16-31-18-11-7-6-10-17(18)28-29-31/h6-7,10-11,19-21,32H,3-5,8-9,12-16H2,1-2H3,(H,27,33)/t19-,20+,21?,25-,26?/m0/s1. The number of nitrogens with one attached hydrogen (secondary N) is 1. The number of hydrogen-bond donors (Lipinski definition) is 2. The van der Waals surface area contributed by atoms with Crippen molar-refractivity contribution in [3.63, 3.8) is 0 Å². The normalized spacial score (nSPS) is 30.2. The number of aliphatic hydroxyl groups excluding tert-OH is 1. The topological polar surface area (TPSA) is 127 Å². The van der Waals surface area contributed by atoms with Crippen LogP contribution >= 0.6 is 11.8 Å². The Kier molecular flexibility index (Phi) is 7.19. The molecule has 3 aliphatic heterocycles. The van der Waals surface area contributed by atoms with Crippen molar-refractivity contribution >= 4 is 40.6 Å². The first-order chi connectivity index (χ1) is 17.9. The average molecular weight is 530 g/mol. The molecule has 2 aromatic rings. The van der Waals surface area contributed by atoms with E-state index in [4.69, 9.17) is 9.84 Å². The molecule has 3 aliphatic rings. The van der Waals surface area contributed by atoms with Gasteiger partial charge in [0.25, 0.3) is 0 Å². The summed E-state index contributed by atoms with van der Waals surface area (Å²) in [5.41, 5.74) is 1.55. The Balaban J connectivity index is 1.41. The number of aromatic nitrogens is 3. The average Bonchev–Trinajstić information content (AvgIpc) is 3.58. The van der Waals surface area contributed by atoms with Gasteiger partial charge in [-0.2, -0.15) is 0 Å². The predicted molar refractivity (Wildman–Crippen MR) is 138 cm³/mol. The lowest BCUT2D eigenvalue weighted by Crippen LogP contribution is -2.53. The molecule has 0 aliphatic carbocycles. The van der Waals surface area contributed by atoms with Crippen molar-refractivity contribution in [2.45, 2.75) is 74.6 Å².